The molecule has 3 heterocycles. The predicted octanol–water partition coefficient (Wildman–Crippen LogP) is 2.19. The first-order chi connectivity index (χ1) is 14.0. The normalized spacial score (nSPS) is 14.0. The lowest BCUT2D eigenvalue weighted by Gasteiger charge is -2.23. The fraction of sp³-hybridized carbons (Fsp3) is 0.273. The van der Waals surface area contributed by atoms with Crippen LogP contribution in [-0.4, -0.2) is 44.1 Å². The summed E-state index contributed by atoms with van der Waals surface area (Å²) in [6, 6.07) is 15.1. The summed E-state index contributed by atoms with van der Waals surface area (Å²) in [6.45, 7) is 2.68. The van der Waals surface area contributed by atoms with Gasteiger partial charge in [0.2, 0.25) is 5.91 Å². The minimum absolute atomic E-state index is 0.158. The van der Waals surface area contributed by atoms with Gasteiger partial charge < -0.3 is 10.2 Å². The van der Waals surface area contributed by atoms with Crippen LogP contribution >= 0.6 is 0 Å². The van der Waals surface area contributed by atoms with Crippen LogP contribution in [-0.2, 0) is 24.8 Å². The molecule has 29 heavy (non-hydrogen) atoms. The number of aryl methyl sites for hydroxylation is 1. The summed E-state index contributed by atoms with van der Waals surface area (Å²) >= 11 is 0. The van der Waals surface area contributed by atoms with Gasteiger partial charge in [0.1, 0.15) is 11.7 Å². The highest BCUT2D eigenvalue weighted by molar-refractivity contribution is 5.99. The Balaban J connectivity index is 1.41. The summed E-state index contributed by atoms with van der Waals surface area (Å²) in [4.78, 5) is 31.6. The summed E-state index contributed by atoms with van der Waals surface area (Å²) in [5.74, 6) is -0.372. The third-order valence-electron chi connectivity index (χ3n) is 5.27. The molecule has 0 unspecified atom stereocenters. The minimum atomic E-state index is -0.562. The Kier molecular flexibility index (Phi) is 5.12. The van der Waals surface area contributed by atoms with Gasteiger partial charge in [-0.2, -0.15) is 5.10 Å². The largest absolute Gasteiger partial charge is 0.354 e. The van der Waals surface area contributed by atoms with E-state index in [4.69, 9.17) is 0 Å². The van der Waals surface area contributed by atoms with E-state index in [2.05, 4.69) is 15.4 Å². The highest BCUT2D eigenvalue weighted by Crippen LogP contribution is 2.26. The lowest BCUT2D eigenvalue weighted by Crippen LogP contribution is -2.45. The Hall–Kier alpha value is -3.48. The molecule has 0 saturated carbocycles. The minimum Gasteiger partial charge on any atom is -0.354 e. The fourth-order valence-corrected chi connectivity index (χ4v) is 3.54. The second-order valence-electron chi connectivity index (χ2n) is 7.18. The van der Waals surface area contributed by atoms with E-state index in [0.717, 1.165) is 23.2 Å². The van der Waals surface area contributed by atoms with Crippen molar-refractivity contribution in [2.45, 2.75) is 25.9 Å². The second-order valence-corrected chi connectivity index (χ2v) is 7.18. The van der Waals surface area contributed by atoms with Gasteiger partial charge in [0.25, 0.3) is 5.91 Å². The van der Waals surface area contributed by atoms with Gasteiger partial charge in [-0.25, -0.2) is 4.98 Å². The van der Waals surface area contributed by atoms with Crippen LogP contribution in [0.1, 0.15) is 28.5 Å². The van der Waals surface area contributed by atoms with E-state index in [1.165, 1.54) is 0 Å². The zero-order valence-electron chi connectivity index (χ0n) is 16.5. The van der Waals surface area contributed by atoms with Crippen molar-refractivity contribution in [3.8, 4) is 11.4 Å². The van der Waals surface area contributed by atoms with Crippen LogP contribution in [0.4, 0.5) is 0 Å². The van der Waals surface area contributed by atoms with E-state index in [-0.39, 0.29) is 11.8 Å². The zero-order valence-corrected chi connectivity index (χ0v) is 16.5. The molecule has 0 aliphatic carbocycles. The van der Waals surface area contributed by atoms with E-state index in [1.54, 1.807) is 22.7 Å². The van der Waals surface area contributed by atoms with Gasteiger partial charge in [-0.1, -0.05) is 36.4 Å². The maximum atomic E-state index is 12.9. The van der Waals surface area contributed by atoms with Crippen molar-refractivity contribution in [3.05, 3.63) is 71.5 Å². The second kappa shape index (κ2) is 7.87. The highest BCUT2D eigenvalue weighted by Gasteiger charge is 2.35. The Bertz CT molecular complexity index is 1040. The smallest absolute Gasteiger partial charge is 0.273 e. The Morgan fingerprint density at radius 2 is 1.97 bits per heavy atom. The number of amides is 2. The third kappa shape index (κ3) is 3.76. The molecule has 0 bridgehead atoms. The van der Waals surface area contributed by atoms with Crippen LogP contribution in [0.15, 0.2) is 54.7 Å². The predicted molar refractivity (Wildman–Crippen MR) is 109 cm³/mol. The summed E-state index contributed by atoms with van der Waals surface area (Å²) in [7, 11) is 1.83. The van der Waals surface area contributed by atoms with Crippen molar-refractivity contribution in [3.63, 3.8) is 0 Å². The van der Waals surface area contributed by atoms with Gasteiger partial charge >= 0.3 is 0 Å². The topological polar surface area (TPSA) is 80.1 Å². The molecule has 1 aliphatic heterocycles. The van der Waals surface area contributed by atoms with Crippen molar-refractivity contribution in [2.24, 2.45) is 7.05 Å². The molecule has 0 saturated heterocycles. The van der Waals surface area contributed by atoms with Crippen LogP contribution in [0.2, 0.25) is 0 Å². The van der Waals surface area contributed by atoms with Crippen LogP contribution in [0.3, 0.4) is 0 Å². The first-order valence-electron chi connectivity index (χ1n) is 9.65. The maximum absolute atomic E-state index is 12.9. The SMILES string of the molecule is C[C@H](C(=O)NCCc1ccccc1)N1Cc2ccc(-c3ccnn3C)nc2C1=O. The molecule has 1 N–H and O–H groups in total. The van der Waals surface area contributed by atoms with Gasteiger partial charge in [0.05, 0.1) is 11.4 Å². The average molecular weight is 389 g/mol. The van der Waals surface area contributed by atoms with Gasteiger partial charge in [-0.05, 0) is 31.0 Å². The first-order valence-corrected chi connectivity index (χ1v) is 9.65. The average Bonchev–Trinajstić information content (AvgIpc) is 3.31. The first kappa shape index (κ1) is 18.9. The van der Waals surface area contributed by atoms with Crippen molar-refractivity contribution >= 4 is 11.8 Å². The number of nitrogens with zero attached hydrogens (tertiary/aromatic N) is 4. The number of carbonyl (C=O) groups excluding carboxylic acids is 2. The molecular formula is C22H23N5O2. The van der Waals surface area contributed by atoms with Crippen LogP contribution in [0.25, 0.3) is 11.4 Å². The molecule has 0 radical (unpaired) electrons. The van der Waals surface area contributed by atoms with Crippen molar-refractivity contribution in [1.82, 2.24) is 25.0 Å². The Morgan fingerprint density at radius 3 is 2.69 bits per heavy atom. The van der Waals surface area contributed by atoms with Crippen LogP contribution in [0, 0.1) is 0 Å². The quantitative estimate of drug-likeness (QED) is 0.701. The molecule has 7 nitrogen and oxygen atoms in total. The molecule has 1 atom stereocenters. The molecule has 0 fully saturated rings. The number of hydrogen-bond acceptors (Lipinski definition) is 4. The van der Waals surface area contributed by atoms with Crippen molar-refractivity contribution < 1.29 is 9.59 Å². The number of nitrogens with one attached hydrogen (secondary N) is 1. The van der Waals surface area contributed by atoms with Gasteiger partial charge in [0.15, 0.2) is 0 Å². The molecule has 4 rings (SSSR count). The van der Waals surface area contributed by atoms with Gasteiger partial charge in [-0.15, -0.1) is 0 Å². The molecule has 1 aliphatic rings. The van der Waals surface area contributed by atoms with E-state index in [9.17, 15) is 9.59 Å². The molecule has 2 amide bonds. The van der Waals surface area contributed by atoms with E-state index >= 15 is 0 Å². The fourth-order valence-electron chi connectivity index (χ4n) is 3.54. The third-order valence-corrected chi connectivity index (χ3v) is 5.27. The van der Waals surface area contributed by atoms with Crippen molar-refractivity contribution in [1.29, 1.82) is 0 Å². The summed E-state index contributed by atoms with van der Waals surface area (Å²) in [6.07, 6.45) is 2.45. The Labute approximate surface area is 169 Å². The monoisotopic (exact) mass is 389 g/mol. The number of pyridine rings is 1. The van der Waals surface area contributed by atoms with Crippen molar-refractivity contribution in [2.75, 3.05) is 6.54 Å². The zero-order chi connectivity index (χ0) is 20.4. The molecule has 148 valence electrons. The van der Waals surface area contributed by atoms with Crippen LogP contribution in [0.5, 0.6) is 0 Å². The van der Waals surface area contributed by atoms with E-state index < -0.39 is 6.04 Å². The number of aromatic nitrogens is 3. The number of fused-ring (bicyclic) bond motifs is 1. The number of benzene rings is 1. The molecule has 1 aromatic carbocycles. The molecule has 7 heteroatoms. The number of carbonyl (C=O) groups is 2. The van der Waals surface area contributed by atoms with Gasteiger partial charge in [0, 0.05) is 31.9 Å². The summed E-state index contributed by atoms with van der Waals surface area (Å²) < 4.78 is 1.72. The number of rotatable bonds is 6. The maximum Gasteiger partial charge on any atom is 0.273 e. The van der Waals surface area contributed by atoms with Crippen LogP contribution < -0.4 is 5.32 Å². The van der Waals surface area contributed by atoms with E-state index in [0.29, 0.717) is 24.5 Å². The summed E-state index contributed by atoms with van der Waals surface area (Å²) in [5.41, 5.74) is 3.94. The molecule has 2 aromatic heterocycles. The molecule has 0 spiro atoms. The summed E-state index contributed by atoms with van der Waals surface area (Å²) in [5, 5.41) is 7.08. The van der Waals surface area contributed by atoms with E-state index in [1.807, 2.05) is 55.6 Å². The standard InChI is InChI=1S/C22H23N5O2/c1-15(21(28)23-12-10-16-6-4-3-5-7-16)27-14-17-8-9-18(25-20(17)22(27)29)19-11-13-24-26(19)2/h3-9,11,13,15H,10,12,14H2,1-2H3,(H,23,28)/t15-/m1/s1. The lowest BCUT2D eigenvalue weighted by molar-refractivity contribution is -0.125. The highest BCUT2D eigenvalue weighted by atomic mass is 16.2. The Morgan fingerprint density at radius 1 is 1.17 bits per heavy atom. The molecule has 3 aromatic rings. The molecular weight excluding hydrogens is 366 g/mol. The van der Waals surface area contributed by atoms with Gasteiger partial charge in [-0.3, -0.25) is 14.3 Å². The lowest BCUT2D eigenvalue weighted by atomic mass is 10.1. The number of hydrogen-bond donors (Lipinski definition) is 1.